The highest BCUT2D eigenvalue weighted by atomic mass is 32.1. The van der Waals surface area contributed by atoms with Gasteiger partial charge < -0.3 is 10.3 Å². The molecule has 34 heavy (non-hydrogen) atoms. The number of halogens is 1. The number of aromatic amines is 2. The fraction of sp³-hybridized carbons (Fsp3) is 0.120. The van der Waals surface area contributed by atoms with Crippen LogP contribution < -0.4 is 5.32 Å². The minimum absolute atomic E-state index is 0.240. The van der Waals surface area contributed by atoms with Crippen LogP contribution in [0.1, 0.15) is 13.8 Å². The van der Waals surface area contributed by atoms with Gasteiger partial charge in [-0.15, -0.1) is 11.3 Å². The topological polar surface area (TPSA) is 95.2 Å². The molecule has 6 rings (SSSR count). The summed E-state index contributed by atoms with van der Waals surface area (Å²) in [5, 5.41) is 11.7. The number of nitrogens with one attached hydrogen (secondary N) is 3. The fourth-order valence-electron chi connectivity index (χ4n) is 4.07. The Hall–Kier alpha value is -4.11. The van der Waals surface area contributed by atoms with E-state index in [0.29, 0.717) is 17.6 Å². The van der Waals surface area contributed by atoms with E-state index in [1.54, 1.807) is 18.5 Å². The number of benzene rings is 1. The van der Waals surface area contributed by atoms with E-state index in [-0.39, 0.29) is 5.13 Å². The first-order valence-electron chi connectivity index (χ1n) is 10.8. The van der Waals surface area contributed by atoms with Crippen molar-refractivity contribution in [3.63, 3.8) is 0 Å². The van der Waals surface area contributed by atoms with Gasteiger partial charge in [-0.1, -0.05) is 6.07 Å². The first-order valence-corrected chi connectivity index (χ1v) is 11.7. The Bertz CT molecular complexity index is 1650. The van der Waals surface area contributed by atoms with E-state index < -0.39 is 0 Å². The number of hydrogen-bond donors (Lipinski definition) is 3. The summed E-state index contributed by atoms with van der Waals surface area (Å²) in [7, 11) is 0. The van der Waals surface area contributed by atoms with Crippen LogP contribution in [0.15, 0.2) is 61.2 Å². The van der Waals surface area contributed by atoms with Crippen LogP contribution in [0.25, 0.3) is 55.0 Å². The number of hydrogen-bond acceptors (Lipinski definition) is 6. The second kappa shape index (κ2) is 8.03. The molecule has 0 aliphatic carbocycles. The van der Waals surface area contributed by atoms with Crippen molar-refractivity contribution in [3.8, 4) is 33.1 Å². The van der Waals surface area contributed by atoms with Crippen molar-refractivity contribution in [2.45, 2.75) is 19.9 Å². The summed E-state index contributed by atoms with van der Waals surface area (Å²) < 4.78 is 13.6. The van der Waals surface area contributed by atoms with Gasteiger partial charge >= 0.3 is 0 Å². The summed E-state index contributed by atoms with van der Waals surface area (Å²) >= 11 is 1.08. The summed E-state index contributed by atoms with van der Waals surface area (Å²) in [6, 6.07) is 11.8. The average molecular weight is 470 g/mol. The molecule has 0 fully saturated rings. The van der Waals surface area contributed by atoms with Crippen molar-refractivity contribution in [3.05, 3.63) is 66.3 Å². The second-order valence-corrected chi connectivity index (χ2v) is 9.40. The maximum atomic E-state index is 13.6. The van der Waals surface area contributed by atoms with Crippen molar-refractivity contribution >= 4 is 39.0 Å². The Morgan fingerprint density at radius 2 is 1.82 bits per heavy atom. The zero-order valence-electron chi connectivity index (χ0n) is 18.4. The lowest BCUT2D eigenvalue weighted by atomic mass is 10.0. The number of H-pyrrole nitrogens is 2. The van der Waals surface area contributed by atoms with Gasteiger partial charge in [0.1, 0.15) is 11.2 Å². The van der Waals surface area contributed by atoms with E-state index >= 15 is 0 Å². The van der Waals surface area contributed by atoms with E-state index in [1.807, 2.05) is 24.5 Å². The zero-order chi connectivity index (χ0) is 23.2. The lowest BCUT2D eigenvalue weighted by Gasteiger charge is -2.11. The minimum atomic E-state index is -0.240. The average Bonchev–Trinajstić information content (AvgIpc) is 3.55. The predicted octanol–water partition coefficient (Wildman–Crippen LogP) is 6.25. The van der Waals surface area contributed by atoms with Crippen LogP contribution in [0, 0.1) is 5.13 Å². The Balaban J connectivity index is 1.45. The molecular weight excluding hydrogens is 449 g/mol. The van der Waals surface area contributed by atoms with Gasteiger partial charge in [0.2, 0.25) is 0 Å². The van der Waals surface area contributed by atoms with Crippen LogP contribution in [0.5, 0.6) is 0 Å². The number of anilines is 1. The molecule has 0 saturated carbocycles. The Kier molecular flexibility index (Phi) is 4.84. The Morgan fingerprint density at radius 1 is 0.941 bits per heavy atom. The van der Waals surface area contributed by atoms with Crippen LogP contribution in [-0.4, -0.2) is 36.2 Å². The Labute approximate surface area is 198 Å². The molecule has 9 heteroatoms. The molecule has 0 aliphatic rings. The molecule has 0 spiro atoms. The van der Waals surface area contributed by atoms with Crippen molar-refractivity contribution in [2.24, 2.45) is 0 Å². The standard InChI is InChI=1S/C25H20FN7S/c1-13(2)29-16-7-15(9-27-10-16)14-3-4-19-17(8-14)24(33-32-19)25-30-20-12-28-11-18(23(20)31-25)21-5-6-22(26)34-21/h3-13,29H,1-2H3,(H,30,31)(H,32,33). The third-order valence-corrected chi connectivity index (χ3v) is 6.45. The molecule has 5 aromatic heterocycles. The molecule has 0 saturated heterocycles. The molecule has 168 valence electrons. The third kappa shape index (κ3) is 3.60. The zero-order valence-corrected chi connectivity index (χ0v) is 19.2. The molecule has 6 aromatic rings. The summed E-state index contributed by atoms with van der Waals surface area (Å²) in [5.41, 5.74) is 6.92. The summed E-state index contributed by atoms with van der Waals surface area (Å²) in [6.45, 7) is 4.19. The SMILES string of the molecule is CC(C)Nc1cncc(-c2ccc3[nH]nc(-c4nc5c(-c6ccc(F)s6)cncc5[nH]4)c3c2)c1. The highest BCUT2D eigenvalue weighted by molar-refractivity contribution is 7.14. The highest BCUT2D eigenvalue weighted by Gasteiger charge is 2.17. The van der Waals surface area contributed by atoms with Crippen LogP contribution in [0.3, 0.4) is 0 Å². The molecule has 0 radical (unpaired) electrons. The van der Waals surface area contributed by atoms with Crippen molar-refractivity contribution in [1.82, 2.24) is 30.1 Å². The summed E-state index contributed by atoms with van der Waals surface area (Å²) in [4.78, 5) is 17.6. The number of nitrogens with zero attached hydrogens (tertiary/aromatic N) is 4. The van der Waals surface area contributed by atoms with Crippen molar-refractivity contribution in [1.29, 1.82) is 0 Å². The van der Waals surface area contributed by atoms with Crippen LogP contribution in [0.2, 0.25) is 0 Å². The number of thiophene rings is 1. The molecule has 3 N–H and O–H groups in total. The maximum Gasteiger partial charge on any atom is 0.176 e. The predicted molar refractivity (Wildman–Crippen MR) is 134 cm³/mol. The molecule has 0 aliphatic heterocycles. The number of imidazole rings is 1. The van der Waals surface area contributed by atoms with Gasteiger partial charge in [-0.2, -0.15) is 9.49 Å². The molecule has 0 unspecified atom stereocenters. The number of rotatable bonds is 5. The minimum Gasteiger partial charge on any atom is -0.382 e. The summed E-state index contributed by atoms with van der Waals surface area (Å²) in [5.74, 6) is 0.623. The first-order chi connectivity index (χ1) is 16.5. The van der Waals surface area contributed by atoms with Gasteiger partial charge in [-0.05, 0) is 49.7 Å². The monoisotopic (exact) mass is 469 g/mol. The normalized spacial score (nSPS) is 11.6. The molecular formula is C25H20FN7S. The van der Waals surface area contributed by atoms with E-state index in [1.165, 1.54) is 6.07 Å². The van der Waals surface area contributed by atoms with E-state index in [9.17, 15) is 4.39 Å². The molecule has 5 heterocycles. The van der Waals surface area contributed by atoms with E-state index in [2.05, 4.69) is 56.4 Å². The van der Waals surface area contributed by atoms with Gasteiger partial charge in [0, 0.05) is 46.0 Å². The van der Waals surface area contributed by atoms with Gasteiger partial charge in [0.05, 0.1) is 22.9 Å². The second-order valence-electron chi connectivity index (χ2n) is 8.37. The lowest BCUT2D eigenvalue weighted by molar-refractivity contribution is 0.657. The third-order valence-electron chi connectivity index (χ3n) is 5.55. The van der Waals surface area contributed by atoms with Gasteiger partial charge in [0.25, 0.3) is 0 Å². The van der Waals surface area contributed by atoms with E-state index in [0.717, 1.165) is 60.5 Å². The van der Waals surface area contributed by atoms with E-state index in [4.69, 9.17) is 4.98 Å². The highest BCUT2D eigenvalue weighted by Crippen LogP contribution is 2.35. The lowest BCUT2D eigenvalue weighted by Crippen LogP contribution is -2.09. The number of fused-ring (bicyclic) bond motifs is 2. The Morgan fingerprint density at radius 3 is 2.65 bits per heavy atom. The van der Waals surface area contributed by atoms with Crippen LogP contribution in [-0.2, 0) is 0 Å². The van der Waals surface area contributed by atoms with Crippen molar-refractivity contribution in [2.75, 3.05) is 5.32 Å². The van der Waals surface area contributed by atoms with Gasteiger partial charge in [0.15, 0.2) is 11.0 Å². The van der Waals surface area contributed by atoms with Crippen LogP contribution in [0.4, 0.5) is 10.1 Å². The molecule has 0 amide bonds. The first kappa shape index (κ1) is 20.5. The largest absolute Gasteiger partial charge is 0.382 e. The van der Waals surface area contributed by atoms with Gasteiger partial charge in [-0.25, -0.2) is 4.98 Å². The maximum absolute atomic E-state index is 13.6. The molecule has 0 bridgehead atoms. The van der Waals surface area contributed by atoms with Gasteiger partial charge in [-0.3, -0.25) is 15.1 Å². The molecule has 1 aromatic carbocycles. The van der Waals surface area contributed by atoms with Crippen molar-refractivity contribution < 1.29 is 4.39 Å². The molecule has 0 atom stereocenters. The quantitative estimate of drug-likeness (QED) is 0.277. The van der Waals surface area contributed by atoms with Crippen LogP contribution >= 0.6 is 11.3 Å². The summed E-state index contributed by atoms with van der Waals surface area (Å²) in [6.07, 6.45) is 7.11. The number of aromatic nitrogens is 6. The fourth-order valence-corrected chi connectivity index (χ4v) is 4.81. The smallest absolute Gasteiger partial charge is 0.176 e. The number of pyridine rings is 2. The molecule has 7 nitrogen and oxygen atoms in total.